The summed E-state index contributed by atoms with van der Waals surface area (Å²) in [5.41, 5.74) is 0.342. The van der Waals surface area contributed by atoms with E-state index in [0.29, 0.717) is 28.3 Å². The number of phenolic OH excluding ortho intramolecular Hbond substituents is 1. The number of aliphatic hydroxyl groups is 3. The summed E-state index contributed by atoms with van der Waals surface area (Å²) < 4.78 is 16.5. The Morgan fingerprint density at radius 2 is 2.14 bits per heavy atom. The minimum absolute atomic E-state index is 0.0872. The molecule has 1 fully saturated rings. The molecule has 0 saturated carbocycles. The van der Waals surface area contributed by atoms with Crippen LogP contribution in [0.5, 0.6) is 11.5 Å². The summed E-state index contributed by atoms with van der Waals surface area (Å²) in [6.45, 7) is -0.916. The number of aliphatic hydroxyl groups excluding tert-OH is 3. The molecular weight excluding hydrogens is 488 g/mol. The van der Waals surface area contributed by atoms with E-state index in [9.17, 15) is 25.2 Å². The standard InChI is InChI=1S/C27H21ClO8/c1-34-21-11-18-17(19(12-29)25(21)28)5-6-20(31)24(18)26(33)35-16-9-14-3-2-4-23-27(36-23,22(32)13-30)8-7-15(14)10-16/h3,5-6,10-11,16,22-23,29-32H,9,12-13H2,1H3/b14-3-/t16-,22-,23-,27-/m1/s1. The second-order valence-electron chi connectivity index (χ2n) is 8.51. The Morgan fingerprint density at radius 3 is 2.86 bits per heavy atom. The van der Waals surface area contributed by atoms with E-state index in [-0.39, 0.29) is 22.1 Å². The fourth-order valence-corrected chi connectivity index (χ4v) is 4.74. The van der Waals surface area contributed by atoms with Gasteiger partial charge in [-0.2, -0.15) is 0 Å². The fourth-order valence-electron chi connectivity index (χ4n) is 4.44. The number of esters is 1. The van der Waals surface area contributed by atoms with Crippen LogP contribution in [0.1, 0.15) is 22.3 Å². The zero-order chi connectivity index (χ0) is 25.6. The van der Waals surface area contributed by atoms with Crippen LogP contribution in [0.2, 0.25) is 5.02 Å². The minimum Gasteiger partial charge on any atom is -0.507 e. The predicted octanol–water partition coefficient (Wildman–Crippen LogP) is 1.99. The van der Waals surface area contributed by atoms with Crippen LogP contribution in [-0.4, -0.2) is 64.0 Å². The number of benzene rings is 2. The molecule has 4 N–H and O–H groups in total. The van der Waals surface area contributed by atoms with Crippen molar-refractivity contribution in [1.29, 1.82) is 0 Å². The monoisotopic (exact) mass is 508 g/mol. The van der Waals surface area contributed by atoms with Gasteiger partial charge in [-0.1, -0.05) is 41.3 Å². The van der Waals surface area contributed by atoms with Crippen molar-refractivity contribution in [2.75, 3.05) is 13.7 Å². The lowest BCUT2D eigenvalue weighted by Gasteiger charge is -2.16. The summed E-state index contributed by atoms with van der Waals surface area (Å²) in [6, 6.07) is 4.41. The van der Waals surface area contributed by atoms with Gasteiger partial charge in [0.05, 0.1) is 25.3 Å². The topological polar surface area (TPSA) is 129 Å². The van der Waals surface area contributed by atoms with Gasteiger partial charge in [0.15, 0.2) is 11.7 Å². The third kappa shape index (κ3) is 3.90. The maximum Gasteiger partial charge on any atom is 0.343 e. The van der Waals surface area contributed by atoms with Crippen LogP contribution in [0.3, 0.4) is 0 Å². The number of hydrogen-bond donors (Lipinski definition) is 4. The van der Waals surface area contributed by atoms with E-state index in [1.807, 2.05) is 0 Å². The largest absolute Gasteiger partial charge is 0.507 e. The Bertz CT molecular complexity index is 1470. The summed E-state index contributed by atoms with van der Waals surface area (Å²) >= 11 is 6.32. The predicted molar refractivity (Wildman–Crippen MR) is 129 cm³/mol. The SMILES string of the molecule is COc1cc2c(C(=O)O[C@H]3C=C4C#C[C@]5([C@H](O)CO)O[C@@H]5C#C/C=C\4C3)c(O)ccc2c(CO)c1Cl. The molecule has 184 valence electrons. The van der Waals surface area contributed by atoms with Crippen molar-refractivity contribution in [1.82, 2.24) is 0 Å². The Kier molecular flexibility index (Phi) is 6.17. The first-order valence-electron chi connectivity index (χ1n) is 11.1. The van der Waals surface area contributed by atoms with E-state index in [1.54, 1.807) is 18.2 Å². The number of epoxide rings is 1. The van der Waals surface area contributed by atoms with Crippen molar-refractivity contribution in [3.8, 4) is 35.2 Å². The van der Waals surface area contributed by atoms with Gasteiger partial charge in [0.2, 0.25) is 0 Å². The van der Waals surface area contributed by atoms with E-state index >= 15 is 0 Å². The molecule has 2 aliphatic carbocycles. The first-order valence-corrected chi connectivity index (χ1v) is 11.5. The number of allylic oxidation sites excluding steroid dienone is 2. The number of hydrogen-bond acceptors (Lipinski definition) is 8. The molecule has 0 spiro atoms. The number of rotatable bonds is 6. The van der Waals surface area contributed by atoms with Crippen LogP contribution in [0.25, 0.3) is 10.8 Å². The van der Waals surface area contributed by atoms with Crippen molar-refractivity contribution in [2.24, 2.45) is 0 Å². The Hall–Kier alpha value is -3.50. The third-order valence-electron chi connectivity index (χ3n) is 6.43. The minimum atomic E-state index is -1.25. The molecule has 1 saturated heterocycles. The highest BCUT2D eigenvalue weighted by Gasteiger charge is 2.60. The van der Waals surface area contributed by atoms with E-state index in [4.69, 9.17) is 25.8 Å². The first-order chi connectivity index (χ1) is 17.3. The van der Waals surface area contributed by atoms with E-state index in [1.165, 1.54) is 19.2 Å². The maximum absolute atomic E-state index is 13.2. The van der Waals surface area contributed by atoms with Crippen molar-refractivity contribution in [3.05, 3.63) is 57.6 Å². The highest BCUT2D eigenvalue weighted by Crippen LogP contribution is 2.41. The Labute approximate surface area is 211 Å². The molecule has 2 aromatic rings. The number of carbonyl (C=O) groups is 1. The smallest absolute Gasteiger partial charge is 0.343 e. The summed E-state index contributed by atoms with van der Waals surface area (Å²) in [7, 11) is 1.41. The second kappa shape index (κ2) is 9.18. The molecule has 36 heavy (non-hydrogen) atoms. The highest BCUT2D eigenvalue weighted by atomic mass is 35.5. The number of aromatic hydroxyl groups is 1. The molecule has 1 heterocycles. The highest BCUT2D eigenvalue weighted by molar-refractivity contribution is 6.34. The molecule has 0 radical (unpaired) electrons. The van der Waals surface area contributed by atoms with Crippen LogP contribution < -0.4 is 4.74 Å². The fraction of sp³-hybridized carbons (Fsp3) is 0.296. The molecule has 5 rings (SSSR count). The van der Waals surface area contributed by atoms with Crippen molar-refractivity contribution < 1.29 is 39.4 Å². The molecule has 1 aliphatic heterocycles. The zero-order valence-electron chi connectivity index (χ0n) is 19.0. The van der Waals surface area contributed by atoms with E-state index in [0.717, 1.165) is 5.57 Å². The van der Waals surface area contributed by atoms with E-state index in [2.05, 4.69) is 23.7 Å². The summed E-state index contributed by atoms with van der Waals surface area (Å²) in [5, 5.41) is 40.9. The molecule has 0 bridgehead atoms. The quantitative estimate of drug-likeness (QED) is 0.265. The van der Waals surface area contributed by atoms with Gasteiger partial charge in [-0.05, 0) is 35.2 Å². The average Bonchev–Trinajstić information content (AvgIpc) is 3.43. The molecular formula is C27H21ClO8. The Balaban J connectivity index is 1.48. The van der Waals surface area contributed by atoms with Gasteiger partial charge in [-0.25, -0.2) is 4.79 Å². The van der Waals surface area contributed by atoms with Crippen LogP contribution in [0.4, 0.5) is 0 Å². The van der Waals surface area contributed by atoms with Gasteiger partial charge in [0, 0.05) is 22.9 Å². The normalized spacial score (nSPS) is 25.7. The third-order valence-corrected chi connectivity index (χ3v) is 6.85. The van der Waals surface area contributed by atoms with Gasteiger partial charge < -0.3 is 34.6 Å². The molecule has 4 atom stereocenters. The van der Waals surface area contributed by atoms with Gasteiger partial charge in [-0.3, -0.25) is 0 Å². The van der Waals surface area contributed by atoms with Gasteiger partial charge >= 0.3 is 5.97 Å². The molecule has 9 heteroatoms. The van der Waals surface area contributed by atoms with Crippen LogP contribution in [0, 0.1) is 23.7 Å². The molecule has 2 aromatic carbocycles. The van der Waals surface area contributed by atoms with Crippen LogP contribution in [-0.2, 0) is 16.1 Å². The number of carbonyl (C=O) groups excluding carboxylic acids is 1. The lowest BCUT2D eigenvalue weighted by molar-refractivity contribution is 0.0404. The Morgan fingerprint density at radius 1 is 1.33 bits per heavy atom. The lowest BCUT2D eigenvalue weighted by Crippen LogP contribution is -2.33. The van der Waals surface area contributed by atoms with Crippen LogP contribution in [0.15, 0.2) is 41.5 Å². The maximum atomic E-state index is 13.2. The summed E-state index contributed by atoms with van der Waals surface area (Å²) in [4.78, 5) is 13.2. The molecule has 0 aromatic heterocycles. The number of phenols is 1. The number of ether oxygens (including phenoxy) is 3. The number of methoxy groups -OCH3 is 1. The average molecular weight is 509 g/mol. The zero-order valence-corrected chi connectivity index (χ0v) is 19.8. The number of fused-ring (bicyclic) bond motifs is 3. The summed E-state index contributed by atoms with van der Waals surface area (Å²) in [5.74, 6) is 10.8. The molecule has 0 amide bonds. The number of halogens is 1. The lowest BCUT2D eigenvalue weighted by atomic mass is 9.98. The van der Waals surface area contributed by atoms with E-state index < -0.39 is 43.1 Å². The second-order valence-corrected chi connectivity index (χ2v) is 8.89. The van der Waals surface area contributed by atoms with Crippen molar-refractivity contribution >= 4 is 28.3 Å². The van der Waals surface area contributed by atoms with Crippen molar-refractivity contribution in [2.45, 2.75) is 36.9 Å². The molecule has 8 nitrogen and oxygen atoms in total. The molecule has 3 aliphatic rings. The van der Waals surface area contributed by atoms with Crippen LogP contribution >= 0.6 is 11.6 Å². The van der Waals surface area contributed by atoms with Gasteiger partial charge in [0.1, 0.15) is 29.3 Å². The molecule has 0 unspecified atom stereocenters. The summed E-state index contributed by atoms with van der Waals surface area (Å²) in [6.07, 6.45) is 1.15. The van der Waals surface area contributed by atoms with Gasteiger partial charge in [0.25, 0.3) is 0 Å². The first kappa shape index (κ1) is 24.2. The van der Waals surface area contributed by atoms with Crippen molar-refractivity contribution in [3.63, 3.8) is 0 Å². The van der Waals surface area contributed by atoms with Gasteiger partial charge in [-0.15, -0.1) is 0 Å².